The molecule has 0 N–H and O–H groups in total. The highest BCUT2D eigenvalue weighted by Gasteiger charge is 2.40. The molecule has 0 radical (unpaired) electrons. The van der Waals surface area contributed by atoms with Crippen LogP contribution in [0.2, 0.25) is 0 Å². The van der Waals surface area contributed by atoms with Crippen LogP contribution >= 0.6 is 0 Å². The van der Waals surface area contributed by atoms with Gasteiger partial charge in [-0.2, -0.15) is 0 Å². The summed E-state index contributed by atoms with van der Waals surface area (Å²) in [6.07, 6.45) is 1.82. The molecule has 0 spiro atoms. The SMILES string of the molecule is c1ccc(-c2ccc3c(c2)Oc2cccc4c2B3c2c(ccc3ccccc23)O4)nc1. The Bertz CT molecular complexity index is 1500. The van der Waals surface area contributed by atoms with Gasteiger partial charge in [0.2, 0.25) is 0 Å². The number of aromatic nitrogens is 1. The molecule has 31 heavy (non-hydrogen) atoms. The molecular weight excluding hydrogens is 381 g/mol. The second-order valence-electron chi connectivity index (χ2n) is 7.97. The van der Waals surface area contributed by atoms with Gasteiger partial charge in [-0.05, 0) is 58.1 Å². The number of nitrogens with zero attached hydrogens (tertiary/aromatic N) is 1. The van der Waals surface area contributed by atoms with Crippen molar-refractivity contribution in [2.45, 2.75) is 0 Å². The number of pyridine rings is 1. The first kappa shape index (κ1) is 16.7. The number of hydrogen-bond donors (Lipinski definition) is 0. The monoisotopic (exact) mass is 397 g/mol. The predicted octanol–water partition coefficient (Wildman–Crippen LogP) is 4.63. The Hall–Kier alpha value is -4.05. The summed E-state index contributed by atoms with van der Waals surface area (Å²) in [5.74, 6) is 3.50. The van der Waals surface area contributed by atoms with E-state index >= 15 is 0 Å². The Morgan fingerprint density at radius 2 is 1.42 bits per heavy atom. The Morgan fingerprint density at radius 3 is 2.29 bits per heavy atom. The minimum absolute atomic E-state index is 0.0579. The lowest BCUT2D eigenvalue weighted by molar-refractivity contribution is 0.465. The second kappa shape index (κ2) is 6.23. The fraction of sp³-hybridized carbons (Fsp3) is 0. The van der Waals surface area contributed by atoms with E-state index in [1.807, 2.05) is 42.6 Å². The summed E-state index contributed by atoms with van der Waals surface area (Å²) in [6.45, 7) is 0.0579. The van der Waals surface area contributed by atoms with E-state index in [9.17, 15) is 0 Å². The van der Waals surface area contributed by atoms with E-state index in [1.165, 1.54) is 16.2 Å². The van der Waals surface area contributed by atoms with Crippen LogP contribution in [-0.4, -0.2) is 11.7 Å². The summed E-state index contributed by atoms with van der Waals surface area (Å²) in [4.78, 5) is 4.51. The van der Waals surface area contributed by atoms with Gasteiger partial charge in [0.15, 0.2) is 0 Å². The van der Waals surface area contributed by atoms with Crippen molar-refractivity contribution >= 4 is 33.9 Å². The number of benzene rings is 4. The average molecular weight is 397 g/mol. The minimum atomic E-state index is 0.0579. The van der Waals surface area contributed by atoms with Crippen molar-refractivity contribution in [1.29, 1.82) is 0 Å². The van der Waals surface area contributed by atoms with Crippen molar-refractivity contribution in [2.24, 2.45) is 0 Å². The van der Waals surface area contributed by atoms with Crippen molar-refractivity contribution in [2.75, 3.05) is 0 Å². The molecule has 1 aromatic heterocycles. The summed E-state index contributed by atoms with van der Waals surface area (Å²) < 4.78 is 12.8. The fourth-order valence-electron chi connectivity index (χ4n) is 4.90. The van der Waals surface area contributed by atoms with Crippen molar-refractivity contribution in [3.8, 4) is 34.3 Å². The van der Waals surface area contributed by atoms with Gasteiger partial charge in [-0.25, -0.2) is 0 Å². The van der Waals surface area contributed by atoms with Crippen molar-refractivity contribution in [3.05, 3.63) is 97.2 Å². The third-order valence-electron chi connectivity index (χ3n) is 6.26. The molecule has 4 heteroatoms. The Balaban J connectivity index is 1.51. The fourth-order valence-corrected chi connectivity index (χ4v) is 4.90. The Kier molecular flexibility index (Phi) is 3.36. The molecule has 0 unspecified atom stereocenters. The quantitative estimate of drug-likeness (QED) is 0.379. The molecule has 3 nitrogen and oxygen atoms in total. The van der Waals surface area contributed by atoms with E-state index < -0.39 is 0 Å². The van der Waals surface area contributed by atoms with Crippen LogP contribution in [-0.2, 0) is 0 Å². The van der Waals surface area contributed by atoms with E-state index in [0.29, 0.717) is 0 Å². The molecule has 3 heterocycles. The van der Waals surface area contributed by atoms with Crippen molar-refractivity contribution in [1.82, 2.24) is 4.98 Å². The standard InChI is InChI=1S/C27H16BNO2/c1-2-7-19-17(6-1)12-14-24-26(19)28-20-13-11-18(21-8-3-4-15-29-21)16-25(20)31-23-10-5-9-22(30-24)27(23)28/h1-16H. The smallest absolute Gasteiger partial charge is 0.261 e. The lowest BCUT2D eigenvalue weighted by Crippen LogP contribution is -2.57. The Morgan fingerprint density at radius 1 is 0.613 bits per heavy atom. The summed E-state index contributed by atoms with van der Waals surface area (Å²) >= 11 is 0. The Labute approximate surface area is 180 Å². The maximum Gasteiger partial charge on any atom is 0.261 e. The molecule has 0 saturated heterocycles. The highest BCUT2D eigenvalue weighted by molar-refractivity contribution is 6.99. The molecule has 7 rings (SSSR count). The largest absolute Gasteiger partial charge is 0.458 e. The van der Waals surface area contributed by atoms with Gasteiger partial charge in [-0.3, -0.25) is 4.98 Å². The lowest BCUT2D eigenvalue weighted by atomic mass is 9.34. The molecule has 0 amide bonds. The van der Waals surface area contributed by atoms with Crippen molar-refractivity contribution < 1.29 is 9.47 Å². The number of hydrogen-bond acceptors (Lipinski definition) is 3. The van der Waals surface area contributed by atoms with Crippen molar-refractivity contribution in [3.63, 3.8) is 0 Å². The number of fused-ring (bicyclic) bond motifs is 6. The van der Waals surface area contributed by atoms with E-state index in [2.05, 4.69) is 59.6 Å². The van der Waals surface area contributed by atoms with Gasteiger partial charge in [-0.1, -0.05) is 54.6 Å². The summed E-state index contributed by atoms with van der Waals surface area (Å²) in [7, 11) is 0. The van der Waals surface area contributed by atoms with Crippen LogP contribution < -0.4 is 25.9 Å². The predicted molar refractivity (Wildman–Crippen MR) is 125 cm³/mol. The van der Waals surface area contributed by atoms with Crippen LogP contribution in [0.5, 0.6) is 23.0 Å². The molecule has 144 valence electrons. The summed E-state index contributed by atoms with van der Waals surface area (Å²) in [5, 5.41) is 2.43. The normalized spacial score (nSPS) is 13.0. The molecule has 4 aromatic carbocycles. The molecule has 0 fully saturated rings. The molecule has 2 aliphatic rings. The van der Waals surface area contributed by atoms with Gasteiger partial charge in [0, 0.05) is 17.2 Å². The molecule has 0 aliphatic carbocycles. The number of ether oxygens (including phenoxy) is 2. The highest BCUT2D eigenvalue weighted by Crippen LogP contribution is 2.36. The zero-order chi connectivity index (χ0) is 20.4. The van der Waals surface area contributed by atoms with E-state index in [4.69, 9.17) is 9.47 Å². The van der Waals surface area contributed by atoms with Gasteiger partial charge in [-0.15, -0.1) is 0 Å². The molecule has 0 saturated carbocycles. The molecule has 0 bridgehead atoms. The van der Waals surface area contributed by atoms with Gasteiger partial charge in [0.25, 0.3) is 6.71 Å². The maximum atomic E-state index is 6.41. The van der Waals surface area contributed by atoms with Crippen LogP contribution in [0.3, 0.4) is 0 Å². The lowest BCUT2D eigenvalue weighted by Gasteiger charge is -2.33. The topological polar surface area (TPSA) is 31.4 Å². The molecule has 2 aliphatic heterocycles. The molecular formula is C27H16BNO2. The third kappa shape index (κ3) is 2.39. The van der Waals surface area contributed by atoms with Crippen LogP contribution in [0.25, 0.3) is 22.0 Å². The van der Waals surface area contributed by atoms with Gasteiger partial charge in [0.05, 0.1) is 5.69 Å². The number of rotatable bonds is 1. The van der Waals surface area contributed by atoms with Crippen LogP contribution in [0, 0.1) is 0 Å². The van der Waals surface area contributed by atoms with Gasteiger partial charge < -0.3 is 9.47 Å². The van der Waals surface area contributed by atoms with Crippen LogP contribution in [0.15, 0.2) is 97.2 Å². The maximum absolute atomic E-state index is 6.41. The average Bonchev–Trinajstić information content (AvgIpc) is 2.84. The van der Waals surface area contributed by atoms with Gasteiger partial charge in [0.1, 0.15) is 23.0 Å². The second-order valence-corrected chi connectivity index (χ2v) is 7.97. The van der Waals surface area contributed by atoms with Crippen LogP contribution in [0.4, 0.5) is 0 Å². The van der Waals surface area contributed by atoms with E-state index in [-0.39, 0.29) is 6.71 Å². The first-order valence-corrected chi connectivity index (χ1v) is 10.4. The summed E-state index contributed by atoms with van der Waals surface area (Å²) in [5.41, 5.74) is 5.44. The highest BCUT2D eigenvalue weighted by atomic mass is 16.5. The zero-order valence-corrected chi connectivity index (χ0v) is 16.6. The van der Waals surface area contributed by atoms with Crippen LogP contribution in [0.1, 0.15) is 0 Å². The first-order valence-electron chi connectivity index (χ1n) is 10.4. The molecule has 5 aromatic rings. The third-order valence-corrected chi connectivity index (χ3v) is 6.26. The van der Waals surface area contributed by atoms with E-state index in [0.717, 1.165) is 45.2 Å². The first-order chi connectivity index (χ1) is 15.4. The minimum Gasteiger partial charge on any atom is -0.458 e. The molecule has 0 atom stereocenters. The van der Waals surface area contributed by atoms with E-state index in [1.54, 1.807) is 0 Å². The zero-order valence-electron chi connectivity index (χ0n) is 16.6. The van der Waals surface area contributed by atoms with Gasteiger partial charge >= 0.3 is 0 Å². The summed E-state index contributed by atoms with van der Waals surface area (Å²) in [6, 6.07) is 31.2.